The smallest absolute Gasteiger partial charge is 0.418 e. The highest BCUT2D eigenvalue weighted by Crippen LogP contribution is 2.57. The number of β-lactam (4-membered cyclic amide) rings is 1. The molecule has 2 saturated heterocycles. The van der Waals surface area contributed by atoms with E-state index in [0.29, 0.717) is 0 Å². The topological polar surface area (TPSA) is 83.6 Å². The van der Waals surface area contributed by atoms with E-state index in [4.69, 9.17) is 10.8 Å². The van der Waals surface area contributed by atoms with Gasteiger partial charge in [-0.2, -0.15) is 13.2 Å². The van der Waals surface area contributed by atoms with E-state index in [2.05, 4.69) is 0 Å². The summed E-state index contributed by atoms with van der Waals surface area (Å²) in [5.74, 6) is -2.70. The molecule has 2 aliphatic rings. The van der Waals surface area contributed by atoms with Crippen molar-refractivity contribution in [2.45, 2.75) is 41.7 Å². The van der Waals surface area contributed by atoms with Crippen LogP contribution in [0.25, 0.3) is 0 Å². The number of halogens is 3. The Morgan fingerprint density at radius 2 is 2.00 bits per heavy atom. The maximum Gasteiger partial charge on any atom is 0.418 e. The van der Waals surface area contributed by atoms with E-state index in [9.17, 15) is 22.8 Å². The second kappa shape index (κ2) is 3.32. The summed E-state index contributed by atoms with van der Waals surface area (Å²) >= 11 is 0.771. The zero-order chi connectivity index (χ0) is 14.1. The lowest BCUT2D eigenvalue weighted by molar-refractivity contribution is -0.229. The molecular weight excluding hydrogens is 273 g/mol. The van der Waals surface area contributed by atoms with Gasteiger partial charge in [-0.15, -0.1) is 11.8 Å². The van der Waals surface area contributed by atoms with Crippen molar-refractivity contribution in [3.8, 4) is 0 Å². The van der Waals surface area contributed by atoms with Crippen LogP contribution in [0.1, 0.15) is 13.8 Å². The Kier molecular flexibility index (Phi) is 2.49. The molecule has 0 aliphatic carbocycles. The number of alkyl halides is 3. The maximum absolute atomic E-state index is 12.8. The number of rotatable bonds is 1. The average Bonchev–Trinajstić information content (AvgIpc) is 2.45. The Morgan fingerprint density at radius 1 is 1.50 bits per heavy atom. The van der Waals surface area contributed by atoms with Gasteiger partial charge in [0.15, 0.2) is 0 Å². The Balaban J connectivity index is 2.42. The van der Waals surface area contributed by atoms with E-state index in [1.54, 1.807) is 0 Å². The molecule has 1 amide bonds. The molecule has 0 aromatic carbocycles. The predicted molar refractivity (Wildman–Crippen MR) is 56.7 cm³/mol. The van der Waals surface area contributed by atoms with Crippen LogP contribution in [0.3, 0.4) is 0 Å². The summed E-state index contributed by atoms with van der Waals surface area (Å²) in [6.45, 7) is 2.97. The third kappa shape index (κ3) is 1.34. The minimum atomic E-state index is -4.89. The molecule has 2 heterocycles. The number of nitrogens with zero attached hydrogens (tertiary/aromatic N) is 1. The fraction of sp³-hybridized carbons (Fsp3) is 0.778. The van der Waals surface area contributed by atoms with Crippen LogP contribution in [0.2, 0.25) is 0 Å². The summed E-state index contributed by atoms with van der Waals surface area (Å²) in [6.07, 6.45) is -4.89. The third-order valence-corrected chi connectivity index (χ3v) is 4.94. The van der Waals surface area contributed by atoms with Crippen molar-refractivity contribution >= 4 is 23.6 Å². The van der Waals surface area contributed by atoms with Crippen LogP contribution < -0.4 is 5.73 Å². The monoisotopic (exact) mass is 284 g/mol. The Hall–Kier alpha value is -0.960. The maximum atomic E-state index is 12.8. The Morgan fingerprint density at radius 3 is 2.39 bits per heavy atom. The molecule has 2 rings (SSSR count). The molecule has 18 heavy (non-hydrogen) atoms. The Bertz CT molecular complexity index is 439. The quantitative estimate of drug-likeness (QED) is 0.681. The summed E-state index contributed by atoms with van der Waals surface area (Å²) in [6, 6.07) is -1.29. The van der Waals surface area contributed by atoms with Gasteiger partial charge in [0.25, 0.3) is 5.91 Å². The van der Waals surface area contributed by atoms with Gasteiger partial charge in [0.1, 0.15) is 11.4 Å². The first-order valence-corrected chi connectivity index (χ1v) is 5.91. The van der Waals surface area contributed by atoms with Gasteiger partial charge in [-0.1, -0.05) is 0 Å². The van der Waals surface area contributed by atoms with E-state index in [1.165, 1.54) is 13.8 Å². The standard InChI is InChI=1S/C9H11F3N2O3S/c1-7(2)3(4(15)16)14-5(17)8(13,6(14)18-7)9(10,11)12/h3,6H,13H2,1-2H3,(H,15,16)/t3-,6+,8-/m0/s1. The molecule has 5 nitrogen and oxygen atoms in total. The second-order valence-electron chi connectivity index (χ2n) is 4.89. The van der Waals surface area contributed by atoms with Crippen LogP contribution >= 0.6 is 11.8 Å². The van der Waals surface area contributed by atoms with Crippen molar-refractivity contribution in [1.82, 2.24) is 4.90 Å². The molecule has 0 radical (unpaired) electrons. The lowest BCUT2D eigenvalue weighted by Gasteiger charge is -2.50. The molecule has 0 aromatic rings. The molecule has 9 heteroatoms. The Labute approximate surface area is 104 Å². The highest BCUT2D eigenvalue weighted by Gasteiger charge is 2.79. The highest BCUT2D eigenvalue weighted by atomic mass is 32.2. The molecule has 0 aromatic heterocycles. The predicted octanol–water partition coefficient (Wildman–Crippen LogP) is 0.393. The lowest BCUT2D eigenvalue weighted by Crippen LogP contribution is -2.83. The molecule has 0 spiro atoms. The van der Waals surface area contributed by atoms with E-state index in [-0.39, 0.29) is 0 Å². The summed E-state index contributed by atoms with van der Waals surface area (Å²) in [7, 11) is 0. The number of hydrogen-bond acceptors (Lipinski definition) is 4. The fourth-order valence-electron chi connectivity index (χ4n) is 2.35. The molecule has 2 fully saturated rings. The molecule has 3 atom stereocenters. The van der Waals surface area contributed by atoms with E-state index in [0.717, 1.165) is 16.7 Å². The number of carbonyl (C=O) groups excluding carboxylic acids is 1. The van der Waals surface area contributed by atoms with E-state index in [1.807, 2.05) is 0 Å². The first-order valence-electron chi connectivity index (χ1n) is 5.03. The van der Waals surface area contributed by atoms with E-state index >= 15 is 0 Å². The number of nitrogens with two attached hydrogens (primary N) is 1. The van der Waals surface area contributed by atoms with Gasteiger partial charge in [-0.25, -0.2) is 4.79 Å². The number of carbonyl (C=O) groups is 2. The van der Waals surface area contributed by atoms with Crippen molar-refractivity contribution in [3.63, 3.8) is 0 Å². The van der Waals surface area contributed by atoms with Crippen LogP contribution in [-0.4, -0.2) is 49.8 Å². The van der Waals surface area contributed by atoms with Crippen LogP contribution in [0.15, 0.2) is 0 Å². The minimum absolute atomic E-state index is 0.723. The molecule has 102 valence electrons. The van der Waals surface area contributed by atoms with Crippen molar-refractivity contribution < 1.29 is 27.9 Å². The fourth-order valence-corrected chi connectivity index (χ4v) is 4.02. The van der Waals surface area contributed by atoms with Crippen molar-refractivity contribution in [2.24, 2.45) is 5.73 Å². The van der Waals surface area contributed by atoms with Gasteiger partial charge in [-0.3, -0.25) is 4.79 Å². The SMILES string of the molecule is CC1(C)S[C@H]2N(C(=O)[C@@]2(N)C(F)(F)F)[C@H]1C(=O)O. The second-order valence-corrected chi connectivity index (χ2v) is 6.63. The van der Waals surface area contributed by atoms with Crippen molar-refractivity contribution in [3.05, 3.63) is 0 Å². The number of hydrogen-bond donors (Lipinski definition) is 2. The summed E-state index contributed by atoms with van der Waals surface area (Å²) < 4.78 is 37.4. The molecular formula is C9H11F3N2O3S. The van der Waals surface area contributed by atoms with Gasteiger partial charge in [0.2, 0.25) is 5.54 Å². The van der Waals surface area contributed by atoms with Gasteiger partial charge in [0, 0.05) is 4.75 Å². The molecule has 3 N–H and O–H groups in total. The van der Waals surface area contributed by atoms with E-state index < -0.39 is 39.8 Å². The van der Waals surface area contributed by atoms with Crippen LogP contribution in [0.5, 0.6) is 0 Å². The van der Waals surface area contributed by atoms with Gasteiger partial charge in [0.05, 0.1) is 0 Å². The van der Waals surface area contributed by atoms with Gasteiger partial charge in [-0.05, 0) is 13.8 Å². The third-order valence-electron chi connectivity index (χ3n) is 3.29. The summed E-state index contributed by atoms with van der Waals surface area (Å²) in [4.78, 5) is 23.4. The molecule has 0 bridgehead atoms. The molecule has 0 saturated carbocycles. The first-order chi connectivity index (χ1) is 7.94. The number of aliphatic carboxylic acids is 1. The first kappa shape index (κ1) is 13.5. The van der Waals surface area contributed by atoms with Crippen LogP contribution in [0, 0.1) is 0 Å². The minimum Gasteiger partial charge on any atom is -0.480 e. The zero-order valence-corrected chi connectivity index (χ0v) is 10.3. The molecule has 2 aliphatic heterocycles. The number of fused-ring (bicyclic) bond motifs is 1. The number of carboxylic acid groups (broad SMARTS) is 1. The average molecular weight is 284 g/mol. The number of amides is 1. The van der Waals surface area contributed by atoms with Gasteiger partial charge < -0.3 is 15.7 Å². The van der Waals surface area contributed by atoms with Crippen molar-refractivity contribution in [1.29, 1.82) is 0 Å². The van der Waals surface area contributed by atoms with Crippen LogP contribution in [-0.2, 0) is 9.59 Å². The largest absolute Gasteiger partial charge is 0.480 e. The summed E-state index contributed by atoms with van der Waals surface area (Å²) in [5, 5.41) is 7.66. The molecule has 0 unspecified atom stereocenters. The zero-order valence-electron chi connectivity index (χ0n) is 9.49. The van der Waals surface area contributed by atoms with Crippen LogP contribution in [0.4, 0.5) is 13.2 Å². The number of carboxylic acids is 1. The lowest BCUT2D eigenvalue weighted by atomic mass is 9.85. The highest BCUT2D eigenvalue weighted by molar-refractivity contribution is 8.01. The normalized spacial score (nSPS) is 38.3. The number of thioether (sulfide) groups is 1. The van der Waals surface area contributed by atoms with Gasteiger partial charge >= 0.3 is 12.1 Å². The summed E-state index contributed by atoms with van der Waals surface area (Å²) in [5.41, 5.74) is 2.19. The van der Waals surface area contributed by atoms with Crippen molar-refractivity contribution in [2.75, 3.05) is 0 Å².